The van der Waals surface area contributed by atoms with Gasteiger partial charge in [0.1, 0.15) is 0 Å². The molecule has 0 spiro atoms. The lowest BCUT2D eigenvalue weighted by atomic mass is 10.1. The van der Waals surface area contributed by atoms with Gasteiger partial charge in [0, 0.05) is 13.2 Å². The molecule has 1 unspecified atom stereocenters. The van der Waals surface area contributed by atoms with E-state index in [0.717, 1.165) is 26.1 Å². The highest BCUT2D eigenvalue weighted by Gasteiger charge is 2.51. The Morgan fingerprint density at radius 1 is 0.510 bits per heavy atom. The lowest BCUT2D eigenvalue weighted by Crippen LogP contribution is -2.68. The van der Waals surface area contributed by atoms with Crippen LogP contribution in [-0.2, 0) is 13.9 Å². The van der Waals surface area contributed by atoms with Gasteiger partial charge in [-0.15, -0.1) is 0 Å². The number of unbranched alkanes of at least 4 members (excludes halogenated alkanes) is 17. The van der Waals surface area contributed by atoms with E-state index in [2.05, 4.69) is 107 Å². The summed E-state index contributed by atoms with van der Waals surface area (Å²) in [7, 11) is -2.68. The quantitative estimate of drug-likeness (QED) is 0.0447. The molecule has 0 saturated carbocycles. The van der Waals surface area contributed by atoms with Crippen molar-refractivity contribution in [2.24, 2.45) is 0 Å². The molecule has 0 heterocycles. The molecule has 0 N–H and O–H groups in total. The highest BCUT2D eigenvalue weighted by molar-refractivity contribution is 6.99. The van der Waals surface area contributed by atoms with E-state index in [0.29, 0.717) is 13.2 Å². The third-order valence-corrected chi connectivity index (χ3v) is 14.9. The minimum Gasteiger partial charge on any atom is -0.400 e. The molecule has 0 aliphatic carbocycles. The van der Waals surface area contributed by atoms with E-state index in [1.807, 2.05) is 0 Å². The van der Waals surface area contributed by atoms with E-state index in [1.54, 1.807) is 0 Å². The molecule has 0 aromatic heterocycles. The van der Waals surface area contributed by atoms with Crippen LogP contribution in [0.4, 0.5) is 0 Å². The summed E-state index contributed by atoms with van der Waals surface area (Å²) in [6, 6.07) is 21.9. The SMILES string of the molecule is CCCCCCCCC=CCCCCCCCCOCC(COCCCCCCCC)O[Si](c1ccccc1)(c1ccccc1)C(C)(C)C. The Bertz CT molecular complexity index is 993. The van der Waals surface area contributed by atoms with Gasteiger partial charge in [0.25, 0.3) is 8.32 Å². The van der Waals surface area contributed by atoms with Crippen molar-refractivity contribution in [3.8, 4) is 0 Å². The Labute approximate surface area is 305 Å². The summed E-state index contributed by atoms with van der Waals surface area (Å²) in [5, 5.41) is 2.54. The summed E-state index contributed by atoms with van der Waals surface area (Å²) < 4.78 is 20.2. The van der Waals surface area contributed by atoms with E-state index in [4.69, 9.17) is 13.9 Å². The Morgan fingerprint density at radius 3 is 1.27 bits per heavy atom. The average molecular weight is 693 g/mol. The van der Waals surface area contributed by atoms with Crippen LogP contribution in [0.3, 0.4) is 0 Å². The molecule has 0 fully saturated rings. The van der Waals surface area contributed by atoms with Crippen LogP contribution < -0.4 is 10.4 Å². The van der Waals surface area contributed by atoms with Gasteiger partial charge < -0.3 is 13.9 Å². The van der Waals surface area contributed by atoms with Gasteiger partial charge in [0.15, 0.2) is 0 Å². The smallest absolute Gasteiger partial charge is 0.261 e. The molecule has 0 saturated heterocycles. The van der Waals surface area contributed by atoms with Crippen molar-refractivity contribution in [2.75, 3.05) is 26.4 Å². The highest BCUT2D eigenvalue weighted by atomic mass is 28.4. The van der Waals surface area contributed by atoms with E-state index >= 15 is 0 Å². The highest BCUT2D eigenvalue weighted by Crippen LogP contribution is 2.37. The Balaban J connectivity index is 1.84. The molecule has 0 aliphatic heterocycles. The Kier molecular flexibility index (Phi) is 24.8. The molecule has 4 heteroatoms. The first-order chi connectivity index (χ1) is 24.0. The third kappa shape index (κ3) is 18.4. The second-order valence-electron chi connectivity index (χ2n) is 15.3. The van der Waals surface area contributed by atoms with Gasteiger partial charge in [-0.2, -0.15) is 0 Å². The predicted octanol–water partition coefficient (Wildman–Crippen LogP) is 12.4. The van der Waals surface area contributed by atoms with E-state index < -0.39 is 8.32 Å². The minimum absolute atomic E-state index is 0.0725. The van der Waals surface area contributed by atoms with Gasteiger partial charge in [-0.25, -0.2) is 0 Å². The van der Waals surface area contributed by atoms with Gasteiger partial charge in [-0.1, -0.05) is 197 Å². The summed E-state index contributed by atoms with van der Waals surface area (Å²) in [6.07, 6.45) is 30.8. The van der Waals surface area contributed by atoms with Crippen LogP contribution >= 0.6 is 0 Å². The molecule has 0 amide bonds. The minimum atomic E-state index is -2.68. The standard InChI is InChI=1S/C45H76O3Si/c1-6-8-10-12-14-15-16-17-18-19-20-21-22-23-25-33-39-47-41-42(40-46-38-32-24-13-11-9-7-2)48-49(45(3,4)5,43-34-28-26-29-35-43)44-36-30-27-31-37-44/h17-18,26-31,34-37,42H,6-16,19-25,32-33,38-41H2,1-5H3. The van der Waals surface area contributed by atoms with Gasteiger partial charge in [0.2, 0.25) is 0 Å². The molecular weight excluding hydrogens is 617 g/mol. The van der Waals surface area contributed by atoms with Crippen LogP contribution in [0.2, 0.25) is 5.04 Å². The topological polar surface area (TPSA) is 27.7 Å². The van der Waals surface area contributed by atoms with Crippen molar-refractivity contribution in [1.82, 2.24) is 0 Å². The second kappa shape index (κ2) is 27.9. The van der Waals surface area contributed by atoms with E-state index in [1.165, 1.54) is 126 Å². The largest absolute Gasteiger partial charge is 0.400 e. The number of rotatable bonds is 31. The number of hydrogen-bond acceptors (Lipinski definition) is 3. The van der Waals surface area contributed by atoms with Crippen LogP contribution in [0.1, 0.15) is 163 Å². The maximum Gasteiger partial charge on any atom is 0.261 e. The van der Waals surface area contributed by atoms with Crippen LogP contribution in [0.5, 0.6) is 0 Å². The molecule has 2 aromatic carbocycles. The molecule has 3 nitrogen and oxygen atoms in total. The number of ether oxygens (including phenoxy) is 2. The van der Waals surface area contributed by atoms with Crippen molar-refractivity contribution < 1.29 is 13.9 Å². The van der Waals surface area contributed by atoms with Gasteiger partial charge in [0.05, 0.1) is 19.3 Å². The molecule has 1 atom stereocenters. The van der Waals surface area contributed by atoms with Crippen molar-refractivity contribution in [3.05, 3.63) is 72.8 Å². The van der Waals surface area contributed by atoms with Crippen molar-refractivity contribution in [2.45, 2.75) is 174 Å². The Morgan fingerprint density at radius 2 is 0.878 bits per heavy atom. The zero-order chi connectivity index (χ0) is 35.3. The van der Waals surface area contributed by atoms with Crippen LogP contribution in [-0.4, -0.2) is 40.8 Å². The summed E-state index contributed by atoms with van der Waals surface area (Å²) in [5.41, 5.74) is 0. The monoisotopic (exact) mass is 693 g/mol. The normalized spacial score (nSPS) is 13.0. The lowest BCUT2D eigenvalue weighted by molar-refractivity contribution is -0.0122. The maximum atomic E-state index is 7.45. The second-order valence-corrected chi connectivity index (χ2v) is 19.5. The predicted molar refractivity (Wildman–Crippen MR) is 217 cm³/mol. The maximum absolute atomic E-state index is 7.45. The average Bonchev–Trinajstić information content (AvgIpc) is 3.11. The number of hydrogen-bond donors (Lipinski definition) is 0. The Hall–Kier alpha value is -1.72. The zero-order valence-corrected chi connectivity index (χ0v) is 33.7. The van der Waals surface area contributed by atoms with Crippen LogP contribution in [0.15, 0.2) is 72.8 Å². The summed E-state index contributed by atoms with van der Waals surface area (Å²) >= 11 is 0. The molecule has 0 bridgehead atoms. The fourth-order valence-electron chi connectivity index (χ4n) is 6.92. The lowest BCUT2D eigenvalue weighted by Gasteiger charge is -2.45. The molecule has 0 aliphatic rings. The molecule has 49 heavy (non-hydrogen) atoms. The fraction of sp³-hybridized carbons (Fsp3) is 0.689. The van der Waals surface area contributed by atoms with Crippen molar-refractivity contribution >= 4 is 18.7 Å². The number of benzene rings is 2. The fourth-order valence-corrected chi connectivity index (χ4v) is 11.6. The molecule has 0 radical (unpaired) electrons. The van der Waals surface area contributed by atoms with Crippen LogP contribution in [0.25, 0.3) is 0 Å². The summed E-state index contributed by atoms with van der Waals surface area (Å²) in [5.74, 6) is 0. The molecular formula is C45H76O3Si. The first-order valence-corrected chi connectivity index (χ1v) is 22.5. The third-order valence-electron chi connectivity index (χ3n) is 9.81. The summed E-state index contributed by atoms with van der Waals surface area (Å²) in [4.78, 5) is 0. The van der Waals surface area contributed by atoms with E-state index in [-0.39, 0.29) is 11.1 Å². The van der Waals surface area contributed by atoms with Crippen molar-refractivity contribution in [1.29, 1.82) is 0 Å². The van der Waals surface area contributed by atoms with Gasteiger partial charge in [-0.05, 0) is 53.9 Å². The van der Waals surface area contributed by atoms with Crippen LogP contribution in [0, 0.1) is 0 Å². The summed E-state index contributed by atoms with van der Waals surface area (Å²) in [6.45, 7) is 14.3. The first kappa shape index (κ1) is 43.4. The molecule has 278 valence electrons. The molecule has 2 rings (SSSR count). The van der Waals surface area contributed by atoms with Gasteiger partial charge >= 0.3 is 0 Å². The van der Waals surface area contributed by atoms with Crippen molar-refractivity contribution in [3.63, 3.8) is 0 Å². The van der Waals surface area contributed by atoms with E-state index in [9.17, 15) is 0 Å². The zero-order valence-electron chi connectivity index (χ0n) is 32.7. The van der Waals surface area contributed by atoms with Gasteiger partial charge in [-0.3, -0.25) is 0 Å². The first-order valence-electron chi connectivity index (χ1n) is 20.5. The number of allylic oxidation sites excluding steroid dienone is 2. The molecule has 2 aromatic rings.